The first-order valence-electron chi connectivity index (χ1n) is 13.7. The zero-order valence-electron chi connectivity index (χ0n) is 20.9. The second kappa shape index (κ2) is 14.0. The van der Waals surface area contributed by atoms with Crippen molar-refractivity contribution in [3.63, 3.8) is 0 Å². The maximum absolute atomic E-state index is 5.93. The highest BCUT2D eigenvalue weighted by molar-refractivity contribution is 7.80. The number of ether oxygens (including phenoxy) is 1. The van der Waals surface area contributed by atoms with Gasteiger partial charge < -0.3 is 4.74 Å². The normalized spacial score (nSPS) is 11.9. The van der Waals surface area contributed by atoms with Crippen LogP contribution in [0.15, 0.2) is 54.6 Å². The number of hydrogen-bond donors (Lipinski definition) is 1. The molecule has 0 aliphatic rings. The Morgan fingerprint density at radius 1 is 0.500 bits per heavy atom. The fourth-order valence-corrected chi connectivity index (χ4v) is 5.59. The molecule has 0 heterocycles. The Balaban J connectivity index is 1.10. The smallest absolute Gasteiger partial charge is 0.0466 e. The number of unbranched alkanes of at least 4 members (excludes halogenated alkanes) is 10. The van der Waals surface area contributed by atoms with Crippen molar-refractivity contribution in [2.24, 2.45) is 0 Å². The molecule has 0 saturated carbocycles. The van der Waals surface area contributed by atoms with Crippen LogP contribution in [0.4, 0.5) is 0 Å². The molecule has 4 rings (SSSR count). The SMILES string of the molecule is SCCCCCCCCCCCCOCCCCc1ccc2ccc3cccc4ccc1c2c34. The van der Waals surface area contributed by atoms with E-state index in [2.05, 4.69) is 67.2 Å². The Morgan fingerprint density at radius 2 is 1.03 bits per heavy atom. The lowest BCUT2D eigenvalue weighted by Crippen LogP contribution is -1.98. The van der Waals surface area contributed by atoms with Crippen LogP contribution in [-0.2, 0) is 11.2 Å². The van der Waals surface area contributed by atoms with E-state index in [9.17, 15) is 0 Å². The summed E-state index contributed by atoms with van der Waals surface area (Å²) in [6.07, 6.45) is 17.0. The molecule has 4 aromatic rings. The predicted octanol–water partition coefficient (Wildman–Crippen LogP) is 9.75. The van der Waals surface area contributed by atoms with Gasteiger partial charge >= 0.3 is 0 Å². The minimum atomic E-state index is 0.901. The Kier molecular flexibility index (Phi) is 10.4. The number of aryl methyl sites for hydroxylation is 1. The van der Waals surface area contributed by atoms with Gasteiger partial charge in [-0.2, -0.15) is 12.6 Å². The lowest BCUT2D eigenvalue weighted by molar-refractivity contribution is 0.126. The van der Waals surface area contributed by atoms with Crippen LogP contribution >= 0.6 is 12.6 Å². The summed E-state index contributed by atoms with van der Waals surface area (Å²) in [6.45, 7) is 1.83. The Labute approximate surface area is 212 Å². The van der Waals surface area contributed by atoms with Gasteiger partial charge in [0.1, 0.15) is 0 Å². The number of hydrogen-bond acceptors (Lipinski definition) is 2. The molecule has 0 amide bonds. The van der Waals surface area contributed by atoms with E-state index >= 15 is 0 Å². The van der Waals surface area contributed by atoms with Crippen molar-refractivity contribution in [2.45, 2.75) is 83.5 Å². The zero-order chi connectivity index (χ0) is 23.4. The van der Waals surface area contributed by atoms with Gasteiger partial charge in [-0.15, -0.1) is 0 Å². The highest BCUT2D eigenvalue weighted by atomic mass is 32.1. The quantitative estimate of drug-likeness (QED) is 0.0910. The third-order valence-electron chi connectivity index (χ3n) is 7.30. The summed E-state index contributed by atoms with van der Waals surface area (Å²) >= 11 is 4.28. The van der Waals surface area contributed by atoms with Crippen LogP contribution in [0, 0.1) is 0 Å². The first-order chi connectivity index (χ1) is 16.9. The number of rotatable bonds is 17. The highest BCUT2D eigenvalue weighted by Gasteiger charge is 2.10. The van der Waals surface area contributed by atoms with Crippen LogP contribution in [0.1, 0.15) is 82.6 Å². The lowest BCUT2D eigenvalue weighted by Gasteiger charge is -2.14. The van der Waals surface area contributed by atoms with Crippen LogP contribution in [0.3, 0.4) is 0 Å². The molecule has 0 aliphatic heterocycles. The third kappa shape index (κ3) is 6.89. The maximum atomic E-state index is 5.93. The zero-order valence-corrected chi connectivity index (χ0v) is 21.8. The largest absolute Gasteiger partial charge is 0.381 e. The maximum Gasteiger partial charge on any atom is 0.0466 e. The van der Waals surface area contributed by atoms with Gasteiger partial charge in [-0.3, -0.25) is 0 Å². The minimum Gasteiger partial charge on any atom is -0.381 e. The van der Waals surface area contributed by atoms with Gasteiger partial charge in [-0.1, -0.05) is 106 Å². The molecular weight excluding hydrogens is 432 g/mol. The molecule has 0 aromatic heterocycles. The highest BCUT2D eigenvalue weighted by Crippen LogP contribution is 2.36. The van der Waals surface area contributed by atoms with Gasteiger partial charge in [0.15, 0.2) is 0 Å². The number of thiol groups is 1. The van der Waals surface area contributed by atoms with Gasteiger partial charge in [0.25, 0.3) is 0 Å². The van der Waals surface area contributed by atoms with Crippen molar-refractivity contribution in [2.75, 3.05) is 19.0 Å². The van der Waals surface area contributed by atoms with Crippen molar-refractivity contribution in [3.05, 3.63) is 60.2 Å². The molecule has 0 spiro atoms. The molecule has 1 nitrogen and oxygen atoms in total. The Morgan fingerprint density at radius 3 is 1.71 bits per heavy atom. The minimum absolute atomic E-state index is 0.901. The van der Waals surface area contributed by atoms with E-state index in [0.29, 0.717) is 0 Å². The van der Waals surface area contributed by atoms with Gasteiger partial charge in [-0.25, -0.2) is 0 Å². The molecule has 0 aliphatic carbocycles. The second-order valence-electron chi connectivity index (χ2n) is 9.91. The molecule has 0 atom stereocenters. The predicted molar refractivity (Wildman–Crippen MR) is 154 cm³/mol. The van der Waals surface area contributed by atoms with Gasteiger partial charge in [0, 0.05) is 13.2 Å². The summed E-state index contributed by atoms with van der Waals surface area (Å²) in [5.74, 6) is 1.05. The standard InChI is InChI=1S/C32H42OS/c34-25-12-8-6-4-2-1-3-5-7-10-23-33-24-11-9-14-26-17-18-29-20-19-27-15-13-16-28-21-22-30(26)32(29)31(27)28/h13,15-22,34H,1-12,14,23-25H2. The summed E-state index contributed by atoms with van der Waals surface area (Å²) in [7, 11) is 0. The van der Waals surface area contributed by atoms with Crippen molar-refractivity contribution in [1.82, 2.24) is 0 Å². The summed E-state index contributed by atoms with van der Waals surface area (Å²) in [4.78, 5) is 0. The summed E-state index contributed by atoms with van der Waals surface area (Å²) in [6, 6.07) is 20.4. The molecular formula is C32H42OS. The molecule has 0 unspecified atom stereocenters. The van der Waals surface area contributed by atoms with E-state index < -0.39 is 0 Å². The Hall–Kier alpha value is -1.77. The van der Waals surface area contributed by atoms with Crippen molar-refractivity contribution >= 4 is 44.9 Å². The van der Waals surface area contributed by atoms with Gasteiger partial charge in [-0.05, 0) is 75.7 Å². The van der Waals surface area contributed by atoms with Crippen molar-refractivity contribution in [1.29, 1.82) is 0 Å². The molecule has 0 bridgehead atoms. The monoisotopic (exact) mass is 474 g/mol. The second-order valence-corrected chi connectivity index (χ2v) is 10.4. The van der Waals surface area contributed by atoms with Crippen LogP contribution in [-0.4, -0.2) is 19.0 Å². The van der Waals surface area contributed by atoms with Crippen LogP contribution in [0.2, 0.25) is 0 Å². The molecule has 34 heavy (non-hydrogen) atoms. The first kappa shape index (κ1) is 25.3. The molecule has 4 aromatic carbocycles. The molecule has 0 fully saturated rings. The van der Waals surface area contributed by atoms with Crippen LogP contribution < -0.4 is 0 Å². The van der Waals surface area contributed by atoms with E-state index in [1.807, 2.05) is 0 Å². The molecule has 182 valence electrons. The van der Waals surface area contributed by atoms with Crippen LogP contribution in [0.25, 0.3) is 32.3 Å². The molecule has 0 radical (unpaired) electrons. The summed E-state index contributed by atoms with van der Waals surface area (Å²) < 4.78 is 5.93. The average Bonchev–Trinajstić information content (AvgIpc) is 2.87. The molecule has 2 heteroatoms. The molecule has 0 N–H and O–H groups in total. The Bertz CT molecular complexity index is 1100. The topological polar surface area (TPSA) is 9.23 Å². The third-order valence-corrected chi connectivity index (χ3v) is 7.62. The van der Waals surface area contributed by atoms with E-state index in [4.69, 9.17) is 4.74 Å². The fourth-order valence-electron chi connectivity index (χ4n) is 5.37. The van der Waals surface area contributed by atoms with Crippen molar-refractivity contribution < 1.29 is 4.74 Å². The van der Waals surface area contributed by atoms with E-state index in [-0.39, 0.29) is 0 Å². The summed E-state index contributed by atoms with van der Waals surface area (Å²) in [5, 5.41) is 8.35. The fraction of sp³-hybridized carbons (Fsp3) is 0.500. The van der Waals surface area contributed by atoms with E-state index in [1.54, 1.807) is 0 Å². The van der Waals surface area contributed by atoms with Gasteiger partial charge in [0.2, 0.25) is 0 Å². The average molecular weight is 475 g/mol. The van der Waals surface area contributed by atoms with Crippen LogP contribution in [0.5, 0.6) is 0 Å². The number of benzene rings is 4. The lowest BCUT2D eigenvalue weighted by atomic mass is 9.91. The molecule has 0 saturated heterocycles. The first-order valence-corrected chi connectivity index (χ1v) is 14.4. The summed E-state index contributed by atoms with van der Waals surface area (Å²) in [5.41, 5.74) is 1.48. The van der Waals surface area contributed by atoms with Crippen molar-refractivity contribution in [3.8, 4) is 0 Å². The van der Waals surface area contributed by atoms with Gasteiger partial charge in [0.05, 0.1) is 0 Å². The van der Waals surface area contributed by atoms with E-state index in [0.717, 1.165) is 31.8 Å². The van der Waals surface area contributed by atoms with E-state index in [1.165, 1.54) is 109 Å².